The number of nitrogens with one attached hydrogen (secondary N) is 1. The van der Waals surface area contributed by atoms with Crippen LogP contribution in [0.3, 0.4) is 0 Å². The molecule has 3 aliphatic rings. The third kappa shape index (κ3) is 4.77. The first-order valence-electron chi connectivity index (χ1n) is 11.9. The van der Waals surface area contributed by atoms with Gasteiger partial charge in [-0.05, 0) is 63.0 Å². The van der Waals surface area contributed by atoms with Gasteiger partial charge in [-0.15, -0.1) is 0 Å². The molecule has 0 spiro atoms. The van der Waals surface area contributed by atoms with Crippen LogP contribution < -0.4 is 10.1 Å². The summed E-state index contributed by atoms with van der Waals surface area (Å²) in [5, 5.41) is 28.2. The highest BCUT2D eigenvalue weighted by molar-refractivity contribution is 6.05. The van der Waals surface area contributed by atoms with Gasteiger partial charge in [0.1, 0.15) is 5.75 Å². The first kappa shape index (κ1) is 22.8. The van der Waals surface area contributed by atoms with Crippen LogP contribution in [0.4, 0.5) is 14.5 Å². The number of allylic oxidation sites excluding steroid dienone is 1. The molecule has 1 aliphatic heterocycles. The molecule has 1 aromatic carbocycles. The quantitative estimate of drug-likeness (QED) is 0.415. The van der Waals surface area contributed by atoms with E-state index in [0.717, 1.165) is 49.4 Å². The molecule has 2 saturated carbocycles. The molecule has 0 bridgehead atoms. The summed E-state index contributed by atoms with van der Waals surface area (Å²) in [5.41, 5.74) is 0.401. The average Bonchev–Trinajstić information content (AvgIpc) is 3.55. The minimum absolute atomic E-state index is 0.00989. The zero-order chi connectivity index (χ0) is 23.8. The highest BCUT2D eigenvalue weighted by Crippen LogP contribution is 2.36. The van der Waals surface area contributed by atoms with E-state index in [-0.39, 0.29) is 30.7 Å². The molecular formula is C24H29F2N4O4+. The van der Waals surface area contributed by atoms with Gasteiger partial charge in [0, 0.05) is 28.8 Å². The number of carbonyl (C=O) groups excluding carboxylic acids is 1. The number of aromatic nitrogens is 2. The van der Waals surface area contributed by atoms with Crippen LogP contribution in [0.5, 0.6) is 5.75 Å². The predicted octanol–water partition coefficient (Wildman–Crippen LogP) is 4.03. The van der Waals surface area contributed by atoms with Crippen molar-refractivity contribution < 1.29 is 33.4 Å². The van der Waals surface area contributed by atoms with E-state index < -0.39 is 18.0 Å². The molecule has 2 aliphatic carbocycles. The van der Waals surface area contributed by atoms with Crippen molar-refractivity contribution in [2.45, 2.75) is 69.9 Å². The van der Waals surface area contributed by atoms with Gasteiger partial charge in [0.25, 0.3) is 5.71 Å². The zero-order valence-corrected chi connectivity index (χ0v) is 18.8. The van der Waals surface area contributed by atoms with Gasteiger partial charge >= 0.3 is 18.0 Å². The number of aliphatic hydroxyl groups is 1. The highest BCUT2D eigenvalue weighted by atomic mass is 19.3. The van der Waals surface area contributed by atoms with E-state index in [9.17, 15) is 23.9 Å². The van der Waals surface area contributed by atoms with Crippen molar-refractivity contribution in [2.24, 2.45) is 5.92 Å². The minimum atomic E-state index is -2.85. The Hall–Kier alpha value is -3.01. The van der Waals surface area contributed by atoms with Gasteiger partial charge in [0.2, 0.25) is 0 Å². The number of amides is 1. The Morgan fingerprint density at radius 3 is 2.71 bits per heavy atom. The van der Waals surface area contributed by atoms with Crippen molar-refractivity contribution in [3.05, 3.63) is 30.1 Å². The molecule has 0 radical (unpaired) electrons. The molecule has 0 unspecified atom stereocenters. The number of rotatable bonds is 7. The maximum atomic E-state index is 13.2. The fourth-order valence-electron chi connectivity index (χ4n) is 4.57. The Balaban J connectivity index is 1.43. The molecule has 1 aromatic heterocycles. The number of nitrogens with zero attached hydrogens (tertiary/aromatic N) is 3. The third-order valence-corrected chi connectivity index (χ3v) is 6.81. The fourth-order valence-corrected chi connectivity index (χ4v) is 4.57. The number of alkyl halides is 2. The summed E-state index contributed by atoms with van der Waals surface area (Å²) < 4.78 is 34.6. The normalized spacial score (nSPS) is 23.4. The first-order valence-corrected chi connectivity index (χ1v) is 11.9. The standard InChI is InChI=1S/C24H28F2N4O4/c25-23(26)20-2-1-3-21(30(20)33)24(32)27-19-10-15-12-29(16-6-8-17(31)9-7-16)28-18(15)11-22(19)34-13-14-4-5-14/h3,10-12,14,16-17,23,31H,1-2,4-9,13H2,(H-,27,32,33)/p+1/t16-,17-. The Labute approximate surface area is 195 Å². The van der Waals surface area contributed by atoms with Crippen molar-refractivity contribution in [3.63, 3.8) is 0 Å². The monoisotopic (exact) mass is 475 g/mol. The molecule has 3 N–H and O–H groups in total. The van der Waals surface area contributed by atoms with E-state index in [4.69, 9.17) is 9.84 Å². The molecule has 10 heteroatoms. The lowest BCUT2D eigenvalue weighted by atomic mass is 9.93. The second-order valence-electron chi connectivity index (χ2n) is 9.42. The highest BCUT2D eigenvalue weighted by Gasteiger charge is 2.36. The van der Waals surface area contributed by atoms with Gasteiger partial charge in [0.05, 0.1) is 30.0 Å². The molecule has 8 nitrogen and oxygen atoms in total. The third-order valence-electron chi connectivity index (χ3n) is 6.81. The van der Waals surface area contributed by atoms with E-state index in [0.29, 0.717) is 28.7 Å². The molecule has 2 heterocycles. The maximum absolute atomic E-state index is 13.2. The Bertz CT molecular complexity index is 1150. The Morgan fingerprint density at radius 1 is 1.24 bits per heavy atom. The van der Waals surface area contributed by atoms with E-state index in [2.05, 4.69) is 5.32 Å². The molecule has 34 heavy (non-hydrogen) atoms. The maximum Gasteiger partial charge on any atom is 0.325 e. The number of ether oxygens (including phenoxy) is 1. The van der Waals surface area contributed by atoms with Gasteiger partial charge in [-0.25, -0.2) is 0 Å². The number of hydroxylamine groups is 1. The topological polar surface area (TPSA) is 99.6 Å². The number of anilines is 1. The van der Waals surface area contributed by atoms with Crippen molar-refractivity contribution in [1.29, 1.82) is 0 Å². The number of hydrogen-bond donors (Lipinski definition) is 3. The van der Waals surface area contributed by atoms with E-state index in [1.807, 2.05) is 10.9 Å². The summed E-state index contributed by atoms with van der Waals surface area (Å²) in [4.78, 5) is 12.9. The molecule has 5 rings (SSSR count). The van der Waals surface area contributed by atoms with Gasteiger partial charge < -0.3 is 15.2 Å². The van der Waals surface area contributed by atoms with Crippen LogP contribution in [0.15, 0.2) is 30.1 Å². The minimum Gasteiger partial charge on any atom is -0.491 e. The van der Waals surface area contributed by atoms with Gasteiger partial charge in [-0.3, -0.25) is 14.7 Å². The van der Waals surface area contributed by atoms with Crippen molar-refractivity contribution in [3.8, 4) is 5.75 Å². The largest absolute Gasteiger partial charge is 0.491 e. The smallest absolute Gasteiger partial charge is 0.325 e. The van der Waals surface area contributed by atoms with Crippen molar-refractivity contribution in [1.82, 2.24) is 9.78 Å². The second kappa shape index (κ2) is 9.32. The Kier molecular flexibility index (Phi) is 6.24. The molecule has 2 fully saturated rings. The van der Waals surface area contributed by atoms with Crippen molar-refractivity contribution >= 4 is 28.2 Å². The first-order chi connectivity index (χ1) is 16.4. The predicted molar refractivity (Wildman–Crippen MR) is 120 cm³/mol. The number of carbonyl (C=O) groups is 1. The van der Waals surface area contributed by atoms with Crippen LogP contribution in [0.1, 0.15) is 57.4 Å². The summed E-state index contributed by atoms with van der Waals surface area (Å²) in [6.07, 6.45) is 5.85. The molecule has 1 amide bonds. The van der Waals surface area contributed by atoms with Crippen LogP contribution in [0, 0.1) is 5.92 Å². The molecular weight excluding hydrogens is 446 g/mol. The molecule has 0 saturated heterocycles. The average molecular weight is 476 g/mol. The van der Waals surface area contributed by atoms with Gasteiger partial charge in [0.15, 0.2) is 0 Å². The summed E-state index contributed by atoms with van der Waals surface area (Å²) in [7, 11) is 0. The van der Waals surface area contributed by atoms with Crippen LogP contribution in [-0.2, 0) is 4.79 Å². The summed E-state index contributed by atoms with van der Waals surface area (Å²) >= 11 is 0. The van der Waals surface area contributed by atoms with Gasteiger partial charge in [-0.2, -0.15) is 13.9 Å². The fraction of sp³-hybridized carbons (Fsp3) is 0.542. The lowest BCUT2D eigenvalue weighted by Crippen LogP contribution is -2.32. The second-order valence-corrected chi connectivity index (χ2v) is 9.42. The van der Waals surface area contributed by atoms with Gasteiger partial charge in [-0.1, -0.05) is 0 Å². The van der Waals surface area contributed by atoms with Crippen LogP contribution >= 0.6 is 0 Å². The van der Waals surface area contributed by atoms with Crippen LogP contribution in [-0.4, -0.2) is 55.6 Å². The number of aliphatic hydroxyl groups excluding tert-OH is 1. The van der Waals surface area contributed by atoms with E-state index >= 15 is 0 Å². The SMILES string of the molecule is O=C(Nc1cc2cn([C@H]3CC[C@H](O)CC3)nc2cc1OCC1CC1)C1=CCCC(C(F)F)=[N+]1O. The van der Waals surface area contributed by atoms with Crippen LogP contribution in [0.25, 0.3) is 10.9 Å². The van der Waals surface area contributed by atoms with Crippen LogP contribution in [0.2, 0.25) is 0 Å². The van der Waals surface area contributed by atoms with E-state index in [1.54, 1.807) is 12.1 Å². The lowest BCUT2D eigenvalue weighted by Gasteiger charge is -2.25. The number of fused-ring (bicyclic) bond motifs is 1. The number of halogens is 2. The Morgan fingerprint density at radius 2 is 2.00 bits per heavy atom. The molecule has 182 valence electrons. The molecule has 2 aromatic rings. The number of hydrogen-bond acceptors (Lipinski definition) is 5. The number of benzene rings is 1. The summed E-state index contributed by atoms with van der Waals surface area (Å²) in [6.45, 7) is 0.522. The summed E-state index contributed by atoms with van der Waals surface area (Å²) in [6, 6.07) is 3.74. The van der Waals surface area contributed by atoms with Crippen molar-refractivity contribution in [2.75, 3.05) is 11.9 Å². The summed E-state index contributed by atoms with van der Waals surface area (Å²) in [5.74, 6) is 0.253. The van der Waals surface area contributed by atoms with E-state index in [1.165, 1.54) is 6.08 Å². The zero-order valence-electron chi connectivity index (χ0n) is 18.8. The molecule has 0 atom stereocenters. The lowest BCUT2D eigenvalue weighted by molar-refractivity contribution is -0.737.